The van der Waals surface area contributed by atoms with Gasteiger partial charge in [0.15, 0.2) is 5.69 Å². The Balaban J connectivity index is 1.92. The third kappa shape index (κ3) is 4.54. The number of nitrogens with two attached hydrogens (primary N) is 1. The van der Waals surface area contributed by atoms with Crippen LogP contribution in [0.2, 0.25) is 5.02 Å². The molecule has 0 aliphatic heterocycles. The highest BCUT2D eigenvalue weighted by molar-refractivity contribution is 6.30. The molecule has 0 bridgehead atoms. The van der Waals surface area contributed by atoms with Crippen molar-refractivity contribution >= 4 is 17.5 Å². The molecule has 6 nitrogen and oxygen atoms in total. The van der Waals surface area contributed by atoms with Crippen LogP contribution in [0.15, 0.2) is 30.5 Å². The van der Waals surface area contributed by atoms with Crippen LogP contribution in [0.1, 0.15) is 23.0 Å². The van der Waals surface area contributed by atoms with Gasteiger partial charge in [0.25, 0.3) is 5.91 Å². The van der Waals surface area contributed by atoms with Gasteiger partial charge in [-0.25, -0.2) is 0 Å². The number of hydrogen-bond acceptors (Lipinski definition) is 4. The molecule has 3 N–H and O–H groups in total. The number of carbonyl (C=O) groups excluding carboxylic acids is 1. The molecule has 2 rings (SSSR count). The van der Waals surface area contributed by atoms with Gasteiger partial charge < -0.3 is 11.1 Å². The van der Waals surface area contributed by atoms with Gasteiger partial charge in [-0.1, -0.05) is 28.9 Å². The van der Waals surface area contributed by atoms with Crippen molar-refractivity contribution in [3.8, 4) is 0 Å². The molecule has 21 heavy (non-hydrogen) atoms. The maximum atomic E-state index is 12.0. The van der Waals surface area contributed by atoms with Gasteiger partial charge in [-0.05, 0) is 31.0 Å². The Labute approximate surface area is 128 Å². The summed E-state index contributed by atoms with van der Waals surface area (Å²) in [6.45, 7) is 2.93. The molecule has 1 amide bonds. The number of aromatic nitrogens is 3. The fraction of sp³-hybridized carbons (Fsp3) is 0.357. The summed E-state index contributed by atoms with van der Waals surface area (Å²) >= 11 is 5.94. The smallest absolute Gasteiger partial charge is 0.273 e. The van der Waals surface area contributed by atoms with Crippen molar-refractivity contribution in [2.45, 2.75) is 25.9 Å². The zero-order valence-electron chi connectivity index (χ0n) is 11.8. The molecular weight excluding hydrogens is 290 g/mol. The summed E-state index contributed by atoms with van der Waals surface area (Å²) in [5, 5.41) is 11.3. The largest absolute Gasteiger partial charge is 0.348 e. The standard InChI is InChI=1S/C14H18ClN5O/c1-10(7-11-3-2-4-12(15)8-11)17-14(21)13-9-20(6-5-16)19-18-13/h2-4,8-10H,5-7,16H2,1H3,(H,17,21). The van der Waals surface area contributed by atoms with Crippen LogP contribution >= 0.6 is 11.6 Å². The van der Waals surface area contributed by atoms with Gasteiger partial charge in [0.1, 0.15) is 0 Å². The van der Waals surface area contributed by atoms with Crippen LogP contribution in [0.3, 0.4) is 0 Å². The molecule has 1 aromatic carbocycles. The van der Waals surface area contributed by atoms with Crippen LogP contribution in [0.25, 0.3) is 0 Å². The quantitative estimate of drug-likeness (QED) is 0.841. The molecule has 0 fully saturated rings. The highest BCUT2D eigenvalue weighted by atomic mass is 35.5. The van der Waals surface area contributed by atoms with Crippen molar-refractivity contribution in [2.24, 2.45) is 5.73 Å². The Hall–Kier alpha value is -1.92. The first kappa shape index (κ1) is 15.5. The first-order valence-corrected chi connectivity index (χ1v) is 7.12. The Morgan fingerprint density at radius 2 is 2.33 bits per heavy atom. The van der Waals surface area contributed by atoms with Crippen LogP contribution in [-0.4, -0.2) is 33.5 Å². The molecule has 0 radical (unpaired) electrons. The van der Waals surface area contributed by atoms with Crippen LogP contribution in [0.5, 0.6) is 0 Å². The molecule has 0 aliphatic carbocycles. The van der Waals surface area contributed by atoms with E-state index < -0.39 is 0 Å². The number of hydrogen-bond donors (Lipinski definition) is 2. The fourth-order valence-corrected chi connectivity index (χ4v) is 2.22. The number of nitrogens with one attached hydrogen (secondary N) is 1. The maximum Gasteiger partial charge on any atom is 0.273 e. The van der Waals surface area contributed by atoms with E-state index in [1.807, 2.05) is 31.2 Å². The molecule has 1 unspecified atom stereocenters. The van der Waals surface area contributed by atoms with Gasteiger partial charge >= 0.3 is 0 Å². The van der Waals surface area contributed by atoms with Crippen LogP contribution < -0.4 is 11.1 Å². The molecule has 2 aromatic rings. The number of carbonyl (C=O) groups is 1. The number of halogens is 1. The zero-order chi connectivity index (χ0) is 15.2. The van der Waals surface area contributed by atoms with E-state index >= 15 is 0 Å². The molecule has 112 valence electrons. The predicted octanol–water partition coefficient (Wildman–Crippen LogP) is 1.25. The highest BCUT2D eigenvalue weighted by Crippen LogP contribution is 2.12. The second kappa shape index (κ2) is 7.19. The average molecular weight is 308 g/mol. The van der Waals surface area contributed by atoms with Crippen molar-refractivity contribution in [1.29, 1.82) is 0 Å². The zero-order valence-corrected chi connectivity index (χ0v) is 12.5. The lowest BCUT2D eigenvalue weighted by Gasteiger charge is -2.13. The van der Waals surface area contributed by atoms with E-state index in [-0.39, 0.29) is 11.9 Å². The van der Waals surface area contributed by atoms with E-state index in [1.165, 1.54) is 0 Å². The van der Waals surface area contributed by atoms with E-state index in [0.29, 0.717) is 30.2 Å². The number of nitrogens with zero attached hydrogens (tertiary/aromatic N) is 3. The van der Waals surface area contributed by atoms with Crippen LogP contribution in [-0.2, 0) is 13.0 Å². The predicted molar refractivity (Wildman–Crippen MR) is 81.2 cm³/mol. The molecule has 0 saturated carbocycles. The second-order valence-corrected chi connectivity index (χ2v) is 5.30. The minimum Gasteiger partial charge on any atom is -0.348 e. The van der Waals surface area contributed by atoms with Gasteiger partial charge in [0, 0.05) is 17.6 Å². The molecule has 0 saturated heterocycles. The van der Waals surface area contributed by atoms with Gasteiger partial charge in [0.2, 0.25) is 0 Å². The average Bonchev–Trinajstić information content (AvgIpc) is 2.87. The Morgan fingerprint density at radius 1 is 1.52 bits per heavy atom. The summed E-state index contributed by atoms with van der Waals surface area (Å²) < 4.78 is 1.55. The van der Waals surface area contributed by atoms with Crippen molar-refractivity contribution < 1.29 is 4.79 Å². The molecule has 1 aromatic heterocycles. The van der Waals surface area contributed by atoms with Gasteiger partial charge in [-0.3, -0.25) is 9.48 Å². The number of rotatable bonds is 6. The third-order valence-corrected chi connectivity index (χ3v) is 3.17. The topological polar surface area (TPSA) is 85.8 Å². The lowest BCUT2D eigenvalue weighted by molar-refractivity contribution is 0.0935. The van der Waals surface area contributed by atoms with Gasteiger partial charge in [-0.2, -0.15) is 0 Å². The molecule has 0 spiro atoms. The minimum atomic E-state index is -0.243. The summed E-state index contributed by atoms with van der Waals surface area (Å²) in [6.07, 6.45) is 2.29. The van der Waals surface area contributed by atoms with Crippen molar-refractivity contribution in [3.63, 3.8) is 0 Å². The second-order valence-electron chi connectivity index (χ2n) is 4.86. The Bertz CT molecular complexity index is 613. The van der Waals surface area contributed by atoms with Crippen LogP contribution in [0, 0.1) is 0 Å². The number of amides is 1. The minimum absolute atomic E-state index is 0.0318. The first-order valence-electron chi connectivity index (χ1n) is 6.74. The van der Waals surface area contributed by atoms with E-state index in [2.05, 4.69) is 15.6 Å². The SMILES string of the molecule is CC(Cc1cccc(Cl)c1)NC(=O)c1cn(CCN)nn1. The molecular formula is C14H18ClN5O. The lowest BCUT2D eigenvalue weighted by Crippen LogP contribution is -2.34. The monoisotopic (exact) mass is 307 g/mol. The van der Waals surface area contributed by atoms with E-state index in [4.69, 9.17) is 17.3 Å². The highest BCUT2D eigenvalue weighted by Gasteiger charge is 2.14. The van der Waals surface area contributed by atoms with E-state index in [9.17, 15) is 4.79 Å². The fourth-order valence-electron chi connectivity index (χ4n) is 2.01. The maximum absolute atomic E-state index is 12.0. The van der Waals surface area contributed by atoms with Gasteiger partial charge in [0.05, 0.1) is 12.7 Å². The van der Waals surface area contributed by atoms with E-state index in [1.54, 1.807) is 10.9 Å². The number of benzene rings is 1. The Morgan fingerprint density at radius 3 is 3.05 bits per heavy atom. The van der Waals surface area contributed by atoms with Gasteiger partial charge in [-0.15, -0.1) is 5.10 Å². The van der Waals surface area contributed by atoms with Crippen molar-refractivity contribution in [3.05, 3.63) is 46.7 Å². The van der Waals surface area contributed by atoms with Crippen molar-refractivity contribution in [1.82, 2.24) is 20.3 Å². The Kier molecular flexibility index (Phi) is 5.30. The summed E-state index contributed by atoms with van der Waals surface area (Å²) in [4.78, 5) is 12.0. The summed E-state index contributed by atoms with van der Waals surface area (Å²) in [5.41, 5.74) is 6.79. The van der Waals surface area contributed by atoms with E-state index in [0.717, 1.165) is 5.56 Å². The first-order chi connectivity index (χ1) is 10.1. The molecule has 1 atom stereocenters. The lowest BCUT2D eigenvalue weighted by atomic mass is 10.1. The summed E-state index contributed by atoms with van der Waals surface area (Å²) in [7, 11) is 0. The van der Waals surface area contributed by atoms with Crippen LogP contribution in [0.4, 0.5) is 0 Å². The third-order valence-electron chi connectivity index (χ3n) is 2.94. The summed E-state index contributed by atoms with van der Waals surface area (Å²) in [6, 6.07) is 7.55. The molecule has 0 aliphatic rings. The van der Waals surface area contributed by atoms with Crippen molar-refractivity contribution in [2.75, 3.05) is 6.54 Å². The summed E-state index contributed by atoms with van der Waals surface area (Å²) in [5.74, 6) is -0.243. The normalized spacial score (nSPS) is 12.1. The molecule has 7 heteroatoms. The molecule has 1 heterocycles.